The van der Waals surface area contributed by atoms with Crippen molar-refractivity contribution in [2.75, 3.05) is 0 Å². The van der Waals surface area contributed by atoms with E-state index in [2.05, 4.69) is 26.8 Å². The van der Waals surface area contributed by atoms with Gasteiger partial charge in [-0.2, -0.15) is 0 Å². The van der Waals surface area contributed by atoms with Crippen molar-refractivity contribution in [1.82, 2.24) is 10.9 Å². The predicted molar refractivity (Wildman–Crippen MR) is 79.6 cm³/mol. The molecular weight excluding hydrogens is 304 g/mol. The van der Waals surface area contributed by atoms with Crippen LogP contribution in [-0.4, -0.2) is 5.91 Å². The first-order valence-electron chi connectivity index (χ1n) is 6.03. The number of hydrogen-bond acceptors (Lipinski definition) is 2. The standard InChI is InChI=1S/C15H15BrN2O/c1-11(12-7-9-14(16)10-8-12)17-18-15(19)13-5-3-2-4-6-13/h2-11,17H,1H3,(H,18,19). The fourth-order valence-electron chi connectivity index (χ4n) is 1.67. The van der Waals surface area contributed by atoms with Gasteiger partial charge >= 0.3 is 0 Å². The second-order valence-corrected chi connectivity index (χ2v) is 5.15. The van der Waals surface area contributed by atoms with Gasteiger partial charge in [0.05, 0.1) is 0 Å². The number of hydrazine groups is 1. The number of benzene rings is 2. The van der Waals surface area contributed by atoms with Crippen LogP contribution >= 0.6 is 15.9 Å². The van der Waals surface area contributed by atoms with Gasteiger partial charge in [-0.05, 0) is 36.8 Å². The van der Waals surface area contributed by atoms with E-state index in [0.29, 0.717) is 5.56 Å². The summed E-state index contributed by atoms with van der Waals surface area (Å²) in [6.45, 7) is 1.99. The fraction of sp³-hybridized carbons (Fsp3) is 0.133. The summed E-state index contributed by atoms with van der Waals surface area (Å²) in [5.41, 5.74) is 7.46. The number of carbonyl (C=O) groups excluding carboxylic acids is 1. The molecule has 2 aromatic rings. The summed E-state index contributed by atoms with van der Waals surface area (Å²) in [6, 6.07) is 17.1. The first-order chi connectivity index (χ1) is 9.16. The summed E-state index contributed by atoms with van der Waals surface area (Å²) in [7, 11) is 0. The summed E-state index contributed by atoms with van der Waals surface area (Å²) in [5.74, 6) is -0.135. The van der Waals surface area contributed by atoms with Crippen molar-refractivity contribution in [3.05, 3.63) is 70.2 Å². The molecule has 98 valence electrons. The molecule has 19 heavy (non-hydrogen) atoms. The first-order valence-corrected chi connectivity index (χ1v) is 6.82. The molecule has 2 aromatic carbocycles. The van der Waals surface area contributed by atoms with E-state index >= 15 is 0 Å². The van der Waals surface area contributed by atoms with Gasteiger partial charge in [0.15, 0.2) is 0 Å². The lowest BCUT2D eigenvalue weighted by molar-refractivity contribution is 0.0926. The van der Waals surface area contributed by atoms with Crippen LogP contribution in [0.25, 0.3) is 0 Å². The Morgan fingerprint density at radius 3 is 2.32 bits per heavy atom. The molecule has 0 spiro atoms. The minimum atomic E-state index is -0.135. The number of halogens is 1. The second kappa shape index (κ2) is 6.50. The molecule has 0 heterocycles. The summed E-state index contributed by atoms with van der Waals surface area (Å²) < 4.78 is 1.04. The van der Waals surface area contributed by atoms with Crippen molar-refractivity contribution in [2.45, 2.75) is 13.0 Å². The second-order valence-electron chi connectivity index (χ2n) is 4.24. The maximum atomic E-state index is 11.9. The first kappa shape index (κ1) is 13.8. The lowest BCUT2D eigenvalue weighted by Gasteiger charge is -2.15. The maximum absolute atomic E-state index is 11.9. The van der Waals surface area contributed by atoms with Crippen LogP contribution in [0.5, 0.6) is 0 Å². The molecule has 0 aliphatic heterocycles. The molecule has 0 fully saturated rings. The quantitative estimate of drug-likeness (QED) is 0.848. The monoisotopic (exact) mass is 318 g/mol. The number of rotatable bonds is 4. The zero-order chi connectivity index (χ0) is 13.7. The third-order valence-corrected chi connectivity index (χ3v) is 3.34. The maximum Gasteiger partial charge on any atom is 0.265 e. The molecule has 0 aliphatic carbocycles. The smallest absolute Gasteiger partial charge is 0.265 e. The van der Waals surface area contributed by atoms with Gasteiger partial charge in [-0.3, -0.25) is 10.2 Å². The highest BCUT2D eigenvalue weighted by Gasteiger charge is 2.08. The Balaban J connectivity index is 1.92. The normalized spacial score (nSPS) is 11.9. The van der Waals surface area contributed by atoms with E-state index in [-0.39, 0.29) is 11.9 Å². The molecular formula is C15H15BrN2O. The van der Waals surface area contributed by atoms with Crippen LogP contribution in [-0.2, 0) is 0 Å². The fourth-order valence-corrected chi connectivity index (χ4v) is 1.93. The predicted octanol–water partition coefficient (Wildman–Crippen LogP) is 3.44. The summed E-state index contributed by atoms with van der Waals surface area (Å²) in [6.07, 6.45) is 0. The zero-order valence-electron chi connectivity index (χ0n) is 10.6. The zero-order valence-corrected chi connectivity index (χ0v) is 12.1. The van der Waals surface area contributed by atoms with Crippen molar-refractivity contribution in [2.24, 2.45) is 0 Å². The van der Waals surface area contributed by atoms with Gasteiger partial charge in [0, 0.05) is 16.1 Å². The highest BCUT2D eigenvalue weighted by Crippen LogP contribution is 2.15. The molecule has 0 saturated carbocycles. The van der Waals surface area contributed by atoms with Gasteiger partial charge in [0.2, 0.25) is 0 Å². The summed E-state index contributed by atoms with van der Waals surface area (Å²) in [4.78, 5) is 11.9. The van der Waals surface area contributed by atoms with E-state index in [0.717, 1.165) is 10.0 Å². The number of amides is 1. The minimum absolute atomic E-state index is 0.0424. The highest BCUT2D eigenvalue weighted by molar-refractivity contribution is 9.10. The number of nitrogens with one attached hydrogen (secondary N) is 2. The van der Waals surface area contributed by atoms with E-state index in [1.165, 1.54) is 0 Å². The van der Waals surface area contributed by atoms with Gasteiger partial charge in [-0.15, -0.1) is 0 Å². The minimum Gasteiger partial charge on any atom is -0.287 e. The van der Waals surface area contributed by atoms with Gasteiger partial charge in [-0.1, -0.05) is 46.3 Å². The topological polar surface area (TPSA) is 41.1 Å². The Labute approximate surface area is 121 Å². The van der Waals surface area contributed by atoms with Crippen molar-refractivity contribution in [3.8, 4) is 0 Å². The Kier molecular flexibility index (Phi) is 4.71. The van der Waals surface area contributed by atoms with E-state index in [1.54, 1.807) is 12.1 Å². The number of hydrogen-bond donors (Lipinski definition) is 2. The summed E-state index contributed by atoms with van der Waals surface area (Å²) in [5, 5.41) is 0. The molecule has 2 rings (SSSR count). The average Bonchev–Trinajstić information content (AvgIpc) is 2.46. The molecule has 4 heteroatoms. The van der Waals surface area contributed by atoms with Gasteiger partial charge < -0.3 is 0 Å². The van der Waals surface area contributed by atoms with E-state index < -0.39 is 0 Å². The van der Waals surface area contributed by atoms with E-state index in [9.17, 15) is 4.79 Å². The van der Waals surface area contributed by atoms with Crippen molar-refractivity contribution in [3.63, 3.8) is 0 Å². The van der Waals surface area contributed by atoms with Crippen LogP contribution in [0.1, 0.15) is 28.9 Å². The Bertz CT molecular complexity index is 540. The van der Waals surface area contributed by atoms with Crippen LogP contribution in [0, 0.1) is 0 Å². The van der Waals surface area contributed by atoms with Crippen LogP contribution in [0.3, 0.4) is 0 Å². The summed E-state index contributed by atoms with van der Waals surface area (Å²) >= 11 is 3.40. The molecule has 0 saturated heterocycles. The molecule has 2 N–H and O–H groups in total. The van der Waals surface area contributed by atoms with Crippen LogP contribution in [0.4, 0.5) is 0 Å². The van der Waals surface area contributed by atoms with Gasteiger partial charge in [0.1, 0.15) is 0 Å². The van der Waals surface area contributed by atoms with Gasteiger partial charge in [-0.25, -0.2) is 5.43 Å². The van der Waals surface area contributed by atoms with Crippen molar-refractivity contribution >= 4 is 21.8 Å². The van der Waals surface area contributed by atoms with Crippen LogP contribution in [0.2, 0.25) is 0 Å². The van der Waals surface area contributed by atoms with Crippen LogP contribution in [0.15, 0.2) is 59.1 Å². The van der Waals surface area contributed by atoms with Crippen molar-refractivity contribution < 1.29 is 4.79 Å². The molecule has 0 aliphatic rings. The lowest BCUT2D eigenvalue weighted by Crippen LogP contribution is -2.38. The van der Waals surface area contributed by atoms with Gasteiger partial charge in [0.25, 0.3) is 5.91 Å². The molecule has 1 amide bonds. The lowest BCUT2D eigenvalue weighted by atomic mass is 10.1. The highest BCUT2D eigenvalue weighted by atomic mass is 79.9. The molecule has 0 bridgehead atoms. The van der Waals surface area contributed by atoms with E-state index in [1.807, 2.05) is 49.4 Å². The Hall–Kier alpha value is -1.65. The third kappa shape index (κ3) is 3.91. The van der Waals surface area contributed by atoms with Crippen molar-refractivity contribution in [1.29, 1.82) is 0 Å². The SMILES string of the molecule is CC(NNC(=O)c1ccccc1)c1ccc(Br)cc1. The molecule has 0 radical (unpaired) electrons. The third-order valence-electron chi connectivity index (χ3n) is 2.81. The largest absolute Gasteiger partial charge is 0.287 e. The molecule has 1 atom stereocenters. The Morgan fingerprint density at radius 1 is 1.05 bits per heavy atom. The average molecular weight is 319 g/mol. The molecule has 1 unspecified atom stereocenters. The van der Waals surface area contributed by atoms with Crippen LogP contribution < -0.4 is 10.9 Å². The Morgan fingerprint density at radius 2 is 1.68 bits per heavy atom. The number of carbonyl (C=O) groups is 1. The molecule has 3 nitrogen and oxygen atoms in total. The molecule has 0 aromatic heterocycles. The van der Waals surface area contributed by atoms with E-state index in [4.69, 9.17) is 0 Å².